The van der Waals surface area contributed by atoms with Crippen LogP contribution in [0.1, 0.15) is 5.56 Å². The molecule has 15 heavy (non-hydrogen) atoms. The summed E-state index contributed by atoms with van der Waals surface area (Å²) in [4.78, 5) is 20.2. The second kappa shape index (κ2) is 4.41. The van der Waals surface area contributed by atoms with Crippen molar-refractivity contribution in [1.82, 2.24) is 9.71 Å². The Morgan fingerprint density at radius 3 is 2.80 bits per heavy atom. The standard InChI is InChI=1S/C11H10N2O2/c14-11-8-12-6-7-13(11)15-9-10-4-2-1-3-5-10/h1-8H,9H2. The Hall–Kier alpha value is -2.10. The number of hydrogen-bond acceptors (Lipinski definition) is 3. The van der Waals surface area contributed by atoms with Gasteiger partial charge in [-0.1, -0.05) is 30.3 Å². The molecule has 0 atom stereocenters. The van der Waals surface area contributed by atoms with Gasteiger partial charge in [-0.25, -0.2) is 0 Å². The van der Waals surface area contributed by atoms with Crippen molar-refractivity contribution >= 4 is 0 Å². The summed E-state index contributed by atoms with van der Waals surface area (Å²) in [5, 5.41) is 0. The van der Waals surface area contributed by atoms with Gasteiger partial charge >= 0.3 is 5.56 Å². The minimum atomic E-state index is -0.270. The molecule has 1 aromatic heterocycles. The van der Waals surface area contributed by atoms with E-state index in [1.54, 1.807) is 0 Å². The molecule has 0 N–H and O–H groups in total. The van der Waals surface area contributed by atoms with Crippen LogP contribution >= 0.6 is 0 Å². The lowest BCUT2D eigenvalue weighted by Gasteiger charge is -2.06. The fourth-order valence-electron chi connectivity index (χ4n) is 1.16. The van der Waals surface area contributed by atoms with Gasteiger partial charge in [0.15, 0.2) is 0 Å². The molecule has 1 heterocycles. The molecule has 2 rings (SSSR count). The van der Waals surface area contributed by atoms with Gasteiger partial charge in [0.05, 0.1) is 12.4 Å². The molecule has 0 saturated carbocycles. The molecule has 0 unspecified atom stereocenters. The third-order valence-corrected chi connectivity index (χ3v) is 1.90. The van der Waals surface area contributed by atoms with Crippen molar-refractivity contribution in [2.24, 2.45) is 0 Å². The van der Waals surface area contributed by atoms with E-state index in [0.717, 1.165) is 5.56 Å². The van der Waals surface area contributed by atoms with Crippen molar-refractivity contribution in [2.75, 3.05) is 0 Å². The summed E-state index contributed by atoms with van der Waals surface area (Å²) in [6.45, 7) is 0.366. The molecule has 0 radical (unpaired) electrons. The monoisotopic (exact) mass is 202 g/mol. The first-order valence-electron chi connectivity index (χ1n) is 4.56. The van der Waals surface area contributed by atoms with Gasteiger partial charge in [-0.05, 0) is 5.56 Å². The molecule has 0 amide bonds. The van der Waals surface area contributed by atoms with Gasteiger partial charge in [-0.15, -0.1) is 4.73 Å². The fraction of sp³-hybridized carbons (Fsp3) is 0.0909. The number of nitrogens with zero attached hydrogens (tertiary/aromatic N) is 2. The Bertz CT molecular complexity index is 479. The number of benzene rings is 1. The molecule has 0 aliphatic carbocycles. The van der Waals surface area contributed by atoms with Gasteiger partial charge in [0.25, 0.3) is 0 Å². The van der Waals surface area contributed by atoms with Crippen LogP contribution < -0.4 is 10.4 Å². The predicted molar refractivity (Wildman–Crippen MR) is 55.2 cm³/mol. The fourth-order valence-corrected chi connectivity index (χ4v) is 1.16. The van der Waals surface area contributed by atoms with E-state index in [4.69, 9.17) is 4.84 Å². The van der Waals surface area contributed by atoms with E-state index in [9.17, 15) is 4.79 Å². The Labute approximate surface area is 86.7 Å². The third kappa shape index (κ3) is 2.43. The molecule has 4 nitrogen and oxygen atoms in total. The highest BCUT2D eigenvalue weighted by Gasteiger charge is 1.95. The van der Waals surface area contributed by atoms with Crippen molar-refractivity contribution in [2.45, 2.75) is 6.61 Å². The van der Waals surface area contributed by atoms with E-state index in [1.807, 2.05) is 30.3 Å². The summed E-state index contributed by atoms with van der Waals surface area (Å²) in [5.74, 6) is 0. The maximum Gasteiger partial charge on any atom is 0.301 e. The lowest BCUT2D eigenvalue weighted by atomic mass is 10.2. The molecule has 4 heteroatoms. The van der Waals surface area contributed by atoms with E-state index in [-0.39, 0.29) is 5.56 Å². The van der Waals surface area contributed by atoms with Crippen LogP contribution in [0.4, 0.5) is 0 Å². The van der Waals surface area contributed by atoms with Crippen LogP contribution in [0.15, 0.2) is 53.7 Å². The van der Waals surface area contributed by atoms with Crippen LogP contribution in [-0.4, -0.2) is 9.71 Å². The molecule has 0 spiro atoms. The van der Waals surface area contributed by atoms with Crippen molar-refractivity contribution in [3.63, 3.8) is 0 Å². The highest BCUT2D eigenvalue weighted by atomic mass is 16.7. The largest absolute Gasteiger partial charge is 0.406 e. The lowest BCUT2D eigenvalue weighted by molar-refractivity contribution is 0.0884. The van der Waals surface area contributed by atoms with Crippen LogP contribution in [0.3, 0.4) is 0 Å². The van der Waals surface area contributed by atoms with Gasteiger partial charge in [0.1, 0.15) is 6.61 Å². The van der Waals surface area contributed by atoms with E-state index in [2.05, 4.69) is 4.98 Å². The first-order valence-corrected chi connectivity index (χ1v) is 4.56. The minimum Gasteiger partial charge on any atom is -0.406 e. The van der Waals surface area contributed by atoms with Crippen LogP contribution in [0.5, 0.6) is 0 Å². The van der Waals surface area contributed by atoms with Crippen LogP contribution in [-0.2, 0) is 6.61 Å². The highest BCUT2D eigenvalue weighted by Crippen LogP contribution is 1.97. The van der Waals surface area contributed by atoms with E-state index >= 15 is 0 Å². The number of aromatic nitrogens is 2. The molecule has 0 bridgehead atoms. The molecule has 2 aromatic rings. The van der Waals surface area contributed by atoms with Crippen LogP contribution in [0, 0.1) is 0 Å². The van der Waals surface area contributed by atoms with Crippen molar-refractivity contribution < 1.29 is 4.84 Å². The number of hydrogen-bond donors (Lipinski definition) is 0. The van der Waals surface area contributed by atoms with Crippen LogP contribution in [0.2, 0.25) is 0 Å². The maximum absolute atomic E-state index is 11.2. The zero-order valence-corrected chi connectivity index (χ0v) is 8.04. The Kier molecular flexibility index (Phi) is 2.78. The molecular formula is C11H10N2O2. The molecule has 0 saturated heterocycles. The topological polar surface area (TPSA) is 44.1 Å². The minimum absolute atomic E-state index is 0.270. The average molecular weight is 202 g/mol. The summed E-state index contributed by atoms with van der Waals surface area (Å²) in [5.41, 5.74) is 0.745. The van der Waals surface area contributed by atoms with Gasteiger partial charge in [-0.3, -0.25) is 9.78 Å². The summed E-state index contributed by atoms with van der Waals surface area (Å²) >= 11 is 0. The zero-order valence-electron chi connectivity index (χ0n) is 8.04. The quantitative estimate of drug-likeness (QED) is 0.741. The molecule has 76 valence electrons. The Balaban J connectivity index is 2.06. The Morgan fingerprint density at radius 2 is 2.07 bits per heavy atom. The van der Waals surface area contributed by atoms with Gasteiger partial charge in [-0.2, -0.15) is 0 Å². The smallest absolute Gasteiger partial charge is 0.301 e. The first kappa shape index (κ1) is 9.45. The molecule has 0 fully saturated rings. The lowest BCUT2D eigenvalue weighted by Crippen LogP contribution is -2.25. The molecule has 0 aliphatic heterocycles. The van der Waals surface area contributed by atoms with Crippen LogP contribution in [0.25, 0.3) is 0 Å². The zero-order chi connectivity index (χ0) is 10.5. The molecule has 0 aliphatic rings. The third-order valence-electron chi connectivity index (χ3n) is 1.90. The van der Waals surface area contributed by atoms with Crippen molar-refractivity contribution in [1.29, 1.82) is 0 Å². The predicted octanol–water partition coefficient (Wildman–Crippen LogP) is 0.872. The van der Waals surface area contributed by atoms with E-state index in [0.29, 0.717) is 6.61 Å². The maximum atomic E-state index is 11.2. The average Bonchev–Trinajstić information content (AvgIpc) is 2.29. The van der Waals surface area contributed by atoms with Crippen molar-refractivity contribution in [3.05, 3.63) is 64.8 Å². The second-order valence-electron chi connectivity index (χ2n) is 3.00. The first-order chi connectivity index (χ1) is 7.36. The normalized spacial score (nSPS) is 9.87. The van der Waals surface area contributed by atoms with Gasteiger partial charge < -0.3 is 4.84 Å². The Morgan fingerprint density at radius 1 is 1.27 bits per heavy atom. The SMILES string of the molecule is O=c1cnccn1OCc1ccccc1. The molecular weight excluding hydrogens is 192 g/mol. The second-order valence-corrected chi connectivity index (χ2v) is 3.00. The number of rotatable bonds is 3. The van der Waals surface area contributed by atoms with E-state index in [1.165, 1.54) is 23.3 Å². The molecule has 1 aromatic carbocycles. The van der Waals surface area contributed by atoms with Gasteiger partial charge in [0.2, 0.25) is 0 Å². The summed E-state index contributed by atoms with van der Waals surface area (Å²) in [6.07, 6.45) is 4.21. The van der Waals surface area contributed by atoms with Gasteiger partial charge in [0, 0.05) is 6.20 Å². The van der Waals surface area contributed by atoms with E-state index < -0.39 is 0 Å². The summed E-state index contributed by atoms with van der Waals surface area (Å²) in [6, 6.07) is 9.66. The highest BCUT2D eigenvalue weighted by molar-refractivity contribution is 5.13. The summed E-state index contributed by atoms with van der Waals surface area (Å²) < 4.78 is 1.17. The van der Waals surface area contributed by atoms with Crippen molar-refractivity contribution in [3.8, 4) is 0 Å². The summed E-state index contributed by atoms with van der Waals surface area (Å²) in [7, 11) is 0.